The number of nitriles is 1. The van der Waals surface area contributed by atoms with Gasteiger partial charge in [0.05, 0.1) is 11.6 Å². The highest BCUT2D eigenvalue weighted by molar-refractivity contribution is 5.82. The van der Waals surface area contributed by atoms with E-state index in [4.69, 9.17) is 11.0 Å². The monoisotopic (exact) mass is 291 g/mol. The molecule has 110 valence electrons. The van der Waals surface area contributed by atoms with Crippen LogP contribution in [0.1, 0.15) is 28.3 Å². The Morgan fingerprint density at radius 3 is 2.86 bits per heavy atom. The SMILES string of the molecule is N#Cc1cccc(CN2CCc3ccccc3C2C(N)=O)c1. The number of hydrogen-bond donors (Lipinski definition) is 1. The number of nitrogens with two attached hydrogens (primary N) is 1. The van der Waals surface area contributed by atoms with Crippen LogP contribution >= 0.6 is 0 Å². The Balaban J connectivity index is 1.90. The van der Waals surface area contributed by atoms with Gasteiger partial charge in [0.15, 0.2) is 0 Å². The van der Waals surface area contributed by atoms with Crippen molar-refractivity contribution >= 4 is 5.91 Å². The predicted octanol–water partition coefficient (Wildman–Crippen LogP) is 2.14. The zero-order chi connectivity index (χ0) is 15.5. The smallest absolute Gasteiger partial charge is 0.239 e. The lowest BCUT2D eigenvalue weighted by molar-refractivity contribution is -0.124. The zero-order valence-electron chi connectivity index (χ0n) is 12.2. The molecular weight excluding hydrogens is 274 g/mol. The van der Waals surface area contributed by atoms with Crippen molar-refractivity contribution in [3.05, 3.63) is 70.8 Å². The lowest BCUT2D eigenvalue weighted by Gasteiger charge is -2.35. The standard InChI is InChI=1S/C18H17N3O/c19-11-13-4-3-5-14(10-13)12-21-9-8-15-6-1-2-7-16(15)17(21)18(20)22/h1-7,10,17H,8-9,12H2,(H2,20,22). The number of benzene rings is 2. The van der Waals surface area contributed by atoms with E-state index in [2.05, 4.69) is 17.0 Å². The Bertz CT molecular complexity index is 748. The molecule has 2 aromatic carbocycles. The summed E-state index contributed by atoms with van der Waals surface area (Å²) in [5.74, 6) is -0.330. The fourth-order valence-electron chi connectivity index (χ4n) is 3.10. The highest BCUT2D eigenvalue weighted by Gasteiger charge is 2.31. The summed E-state index contributed by atoms with van der Waals surface area (Å²) in [6, 6.07) is 17.2. The normalized spacial score (nSPS) is 17.5. The second-order valence-corrected chi connectivity index (χ2v) is 5.54. The fraction of sp³-hybridized carbons (Fsp3) is 0.222. The van der Waals surface area contributed by atoms with Crippen LogP contribution in [0, 0.1) is 11.3 Å². The van der Waals surface area contributed by atoms with E-state index >= 15 is 0 Å². The summed E-state index contributed by atoms with van der Waals surface area (Å²) in [5.41, 5.74) is 9.48. The number of carbonyl (C=O) groups is 1. The van der Waals surface area contributed by atoms with E-state index in [0.717, 1.165) is 24.1 Å². The largest absolute Gasteiger partial charge is 0.368 e. The average molecular weight is 291 g/mol. The van der Waals surface area contributed by atoms with Gasteiger partial charge >= 0.3 is 0 Å². The van der Waals surface area contributed by atoms with Crippen molar-refractivity contribution in [2.75, 3.05) is 6.54 Å². The second kappa shape index (κ2) is 6.00. The summed E-state index contributed by atoms with van der Waals surface area (Å²) in [4.78, 5) is 14.1. The predicted molar refractivity (Wildman–Crippen MR) is 83.6 cm³/mol. The van der Waals surface area contributed by atoms with E-state index < -0.39 is 6.04 Å². The minimum Gasteiger partial charge on any atom is -0.368 e. The van der Waals surface area contributed by atoms with Gasteiger partial charge in [-0.2, -0.15) is 5.26 Å². The van der Waals surface area contributed by atoms with Crippen molar-refractivity contribution < 1.29 is 4.79 Å². The molecule has 0 radical (unpaired) electrons. The lowest BCUT2D eigenvalue weighted by atomic mass is 9.91. The first-order valence-corrected chi connectivity index (χ1v) is 7.29. The first kappa shape index (κ1) is 14.3. The van der Waals surface area contributed by atoms with Crippen molar-refractivity contribution in [2.45, 2.75) is 19.0 Å². The van der Waals surface area contributed by atoms with Crippen LogP contribution in [-0.2, 0) is 17.8 Å². The first-order valence-electron chi connectivity index (χ1n) is 7.29. The molecule has 22 heavy (non-hydrogen) atoms. The molecule has 1 atom stereocenters. The molecule has 1 unspecified atom stereocenters. The second-order valence-electron chi connectivity index (χ2n) is 5.54. The van der Waals surface area contributed by atoms with Gasteiger partial charge in [-0.05, 0) is 35.2 Å². The van der Waals surface area contributed by atoms with Gasteiger partial charge in [0.25, 0.3) is 0 Å². The topological polar surface area (TPSA) is 70.1 Å². The van der Waals surface area contributed by atoms with Gasteiger partial charge in [-0.1, -0.05) is 36.4 Å². The number of carbonyl (C=O) groups excluding carboxylic acids is 1. The van der Waals surface area contributed by atoms with Gasteiger partial charge in [0.2, 0.25) is 5.91 Å². The van der Waals surface area contributed by atoms with Crippen LogP contribution in [0.4, 0.5) is 0 Å². The van der Waals surface area contributed by atoms with Crippen LogP contribution in [0.5, 0.6) is 0 Å². The van der Waals surface area contributed by atoms with Crippen molar-refractivity contribution in [3.63, 3.8) is 0 Å². The Labute approximate surface area is 129 Å². The third kappa shape index (κ3) is 2.72. The molecule has 2 aromatic rings. The number of rotatable bonds is 3. The van der Waals surface area contributed by atoms with Crippen LogP contribution in [0.3, 0.4) is 0 Å². The van der Waals surface area contributed by atoms with Crippen LogP contribution in [0.15, 0.2) is 48.5 Å². The maximum atomic E-state index is 12.0. The first-order chi connectivity index (χ1) is 10.7. The van der Waals surface area contributed by atoms with Gasteiger partial charge in [-0.15, -0.1) is 0 Å². The van der Waals surface area contributed by atoms with Gasteiger partial charge in [-0.3, -0.25) is 9.69 Å². The van der Waals surface area contributed by atoms with E-state index in [1.165, 1.54) is 5.56 Å². The molecule has 0 saturated carbocycles. The summed E-state index contributed by atoms with van der Waals surface area (Å²) < 4.78 is 0. The molecule has 1 aliphatic rings. The van der Waals surface area contributed by atoms with E-state index in [1.807, 2.05) is 36.4 Å². The van der Waals surface area contributed by atoms with Gasteiger partial charge < -0.3 is 5.73 Å². The highest BCUT2D eigenvalue weighted by Crippen LogP contribution is 2.30. The third-order valence-corrected chi connectivity index (χ3v) is 4.09. The van der Waals surface area contributed by atoms with E-state index in [0.29, 0.717) is 12.1 Å². The summed E-state index contributed by atoms with van der Waals surface area (Å²) in [7, 11) is 0. The molecule has 1 aliphatic heterocycles. The molecule has 0 spiro atoms. The number of hydrogen-bond acceptors (Lipinski definition) is 3. The number of primary amides is 1. The summed E-state index contributed by atoms with van der Waals surface area (Å²) in [6.07, 6.45) is 0.901. The van der Waals surface area contributed by atoms with Gasteiger partial charge in [0, 0.05) is 13.1 Å². The van der Waals surface area contributed by atoms with Crippen LogP contribution in [-0.4, -0.2) is 17.4 Å². The van der Waals surface area contributed by atoms with Crippen molar-refractivity contribution in [2.24, 2.45) is 5.73 Å². The van der Waals surface area contributed by atoms with Crippen LogP contribution in [0.2, 0.25) is 0 Å². The molecule has 1 amide bonds. The molecule has 3 rings (SSSR count). The summed E-state index contributed by atoms with van der Waals surface area (Å²) in [6.45, 7) is 1.39. The van der Waals surface area contributed by atoms with Gasteiger partial charge in [0.1, 0.15) is 6.04 Å². The molecule has 2 N–H and O–H groups in total. The minimum atomic E-state index is -0.407. The Hall–Kier alpha value is -2.64. The van der Waals surface area contributed by atoms with Crippen molar-refractivity contribution in [3.8, 4) is 6.07 Å². The van der Waals surface area contributed by atoms with Crippen LogP contribution in [0.25, 0.3) is 0 Å². The summed E-state index contributed by atoms with van der Waals surface area (Å²) in [5, 5.41) is 9.00. The fourth-order valence-corrected chi connectivity index (χ4v) is 3.10. The Kier molecular flexibility index (Phi) is 3.90. The van der Waals surface area contributed by atoms with E-state index in [1.54, 1.807) is 6.07 Å². The molecule has 0 aromatic heterocycles. The maximum Gasteiger partial charge on any atom is 0.239 e. The molecule has 0 bridgehead atoms. The number of amides is 1. The molecule has 0 aliphatic carbocycles. The molecule has 4 heteroatoms. The molecule has 0 saturated heterocycles. The van der Waals surface area contributed by atoms with Crippen molar-refractivity contribution in [1.29, 1.82) is 5.26 Å². The lowest BCUT2D eigenvalue weighted by Crippen LogP contribution is -2.42. The Morgan fingerprint density at radius 2 is 2.09 bits per heavy atom. The quantitative estimate of drug-likeness (QED) is 0.942. The number of fused-ring (bicyclic) bond motifs is 1. The highest BCUT2D eigenvalue weighted by atomic mass is 16.1. The van der Waals surface area contributed by atoms with E-state index in [-0.39, 0.29) is 5.91 Å². The van der Waals surface area contributed by atoms with E-state index in [9.17, 15) is 4.79 Å². The van der Waals surface area contributed by atoms with Gasteiger partial charge in [-0.25, -0.2) is 0 Å². The maximum absolute atomic E-state index is 12.0. The number of nitrogens with zero attached hydrogens (tertiary/aromatic N) is 2. The zero-order valence-corrected chi connectivity index (χ0v) is 12.2. The molecule has 0 fully saturated rings. The average Bonchev–Trinajstić information content (AvgIpc) is 2.54. The minimum absolute atomic E-state index is 0.330. The summed E-state index contributed by atoms with van der Waals surface area (Å²) >= 11 is 0. The van der Waals surface area contributed by atoms with Crippen molar-refractivity contribution in [1.82, 2.24) is 4.90 Å². The Morgan fingerprint density at radius 1 is 1.27 bits per heavy atom. The molecule has 4 nitrogen and oxygen atoms in total. The molecular formula is C18H17N3O. The molecule has 1 heterocycles. The third-order valence-electron chi connectivity index (χ3n) is 4.09. The van der Waals surface area contributed by atoms with Crippen LogP contribution < -0.4 is 5.73 Å².